The molecule has 78 valence electrons. The third-order valence-electron chi connectivity index (χ3n) is 2.00. The second-order valence-corrected chi connectivity index (χ2v) is 4.51. The van der Waals surface area contributed by atoms with E-state index in [1.165, 1.54) is 18.3 Å². The van der Waals surface area contributed by atoms with Gasteiger partial charge in [-0.25, -0.2) is 13.8 Å². The number of benzene rings is 1. The van der Waals surface area contributed by atoms with Crippen LogP contribution in [0.3, 0.4) is 0 Å². The Morgan fingerprint density at radius 3 is 2.60 bits per heavy atom. The van der Waals surface area contributed by atoms with Gasteiger partial charge in [0, 0.05) is 10.9 Å². The average molecular weight is 246 g/mol. The average Bonchev–Trinajstić information content (AvgIpc) is 2.58. The number of hydrogen-bond acceptors (Lipinski definition) is 2. The molecule has 1 nitrogen and oxygen atoms in total. The smallest absolute Gasteiger partial charge is 0.184 e. The lowest BCUT2D eigenvalue weighted by molar-refractivity contribution is 0.595. The SMILES string of the molecule is Cc1cc(F)c(-c2csc(Cl)n2)cc1F. The minimum absolute atomic E-state index is 0.140. The number of nitrogens with zero attached hydrogens (tertiary/aromatic N) is 1. The van der Waals surface area contributed by atoms with Gasteiger partial charge in [-0.2, -0.15) is 0 Å². The van der Waals surface area contributed by atoms with Crippen LogP contribution in [-0.4, -0.2) is 4.98 Å². The van der Waals surface area contributed by atoms with Crippen molar-refractivity contribution in [1.29, 1.82) is 0 Å². The van der Waals surface area contributed by atoms with Crippen molar-refractivity contribution >= 4 is 22.9 Å². The minimum atomic E-state index is -0.490. The zero-order valence-electron chi connectivity index (χ0n) is 7.72. The van der Waals surface area contributed by atoms with Gasteiger partial charge in [0.05, 0.1) is 5.69 Å². The largest absolute Gasteiger partial charge is 0.225 e. The maximum Gasteiger partial charge on any atom is 0.184 e. The Kier molecular flexibility index (Phi) is 2.71. The monoisotopic (exact) mass is 245 g/mol. The normalized spacial score (nSPS) is 10.7. The zero-order valence-corrected chi connectivity index (χ0v) is 9.29. The molecule has 0 atom stereocenters. The van der Waals surface area contributed by atoms with Crippen molar-refractivity contribution in [3.8, 4) is 11.3 Å². The van der Waals surface area contributed by atoms with Gasteiger partial charge in [-0.15, -0.1) is 11.3 Å². The first kappa shape index (κ1) is 10.5. The van der Waals surface area contributed by atoms with Crippen molar-refractivity contribution in [2.75, 3.05) is 0 Å². The number of thiazole rings is 1. The van der Waals surface area contributed by atoms with Crippen LogP contribution in [0.2, 0.25) is 4.47 Å². The molecular formula is C10H6ClF2NS. The molecule has 2 rings (SSSR count). The molecule has 1 aromatic heterocycles. The van der Waals surface area contributed by atoms with Gasteiger partial charge in [0.2, 0.25) is 0 Å². The van der Waals surface area contributed by atoms with Crippen LogP contribution in [0, 0.1) is 18.6 Å². The highest BCUT2D eigenvalue weighted by Crippen LogP contribution is 2.28. The van der Waals surface area contributed by atoms with Crippen LogP contribution in [0.4, 0.5) is 8.78 Å². The Labute approximate surface area is 94.3 Å². The van der Waals surface area contributed by atoms with E-state index in [9.17, 15) is 8.78 Å². The molecular weight excluding hydrogens is 240 g/mol. The van der Waals surface area contributed by atoms with E-state index < -0.39 is 11.6 Å². The zero-order chi connectivity index (χ0) is 11.0. The highest BCUT2D eigenvalue weighted by molar-refractivity contribution is 7.14. The van der Waals surface area contributed by atoms with Crippen LogP contribution in [0.5, 0.6) is 0 Å². The fourth-order valence-electron chi connectivity index (χ4n) is 1.22. The highest BCUT2D eigenvalue weighted by Gasteiger charge is 2.11. The second-order valence-electron chi connectivity index (χ2n) is 3.07. The van der Waals surface area contributed by atoms with Gasteiger partial charge in [0.25, 0.3) is 0 Å². The molecule has 0 aliphatic heterocycles. The summed E-state index contributed by atoms with van der Waals surface area (Å²) < 4.78 is 27.0. The maximum atomic E-state index is 13.5. The van der Waals surface area contributed by atoms with Crippen molar-refractivity contribution < 1.29 is 8.78 Å². The molecule has 0 spiro atoms. The second kappa shape index (κ2) is 3.87. The van der Waals surface area contributed by atoms with E-state index in [0.29, 0.717) is 10.2 Å². The molecule has 0 aliphatic carbocycles. The molecule has 0 saturated carbocycles. The number of halogens is 3. The lowest BCUT2D eigenvalue weighted by atomic mass is 10.1. The summed E-state index contributed by atoms with van der Waals surface area (Å²) in [5, 5.41) is 1.59. The summed E-state index contributed by atoms with van der Waals surface area (Å²) in [7, 11) is 0. The van der Waals surface area contributed by atoms with E-state index in [4.69, 9.17) is 11.6 Å². The van der Waals surface area contributed by atoms with Gasteiger partial charge < -0.3 is 0 Å². The number of aryl methyl sites for hydroxylation is 1. The first-order valence-electron chi connectivity index (χ1n) is 4.15. The molecule has 0 aliphatic rings. The summed E-state index contributed by atoms with van der Waals surface area (Å²) >= 11 is 6.81. The Hall–Kier alpha value is -1.00. The van der Waals surface area contributed by atoms with E-state index in [0.717, 1.165) is 12.1 Å². The quantitative estimate of drug-likeness (QED) is 0.739. The van der Waals surface area contributed by atoms with Crippen molar-refractivity contribution in [2.24, 2.45) is 0 Å². The van der Waals surface area contributed by atoms with Crippen molar-refractivity contribution in [2.45, 2.75) is 6.92 Å². The molecule has 2 aromatic rings. The van der Waals surface area contributed by atoms with Crippen LogP contribution in [0.25, 0.3) is 11.3 Å². The summed E-state index contributed by atoms with van der Waals surface area (Å²) in [6.45, 7) is 1.51. The van der Waals surface area contributed by atoms with Gasteiger partial charge in [-0.1, -0.05) is 11.6 Å². The van der Waals surface area contributed by atoms with Crippen LogP contribution < -0.4 is 0 Å². The van der Waals surface area contributed by atoms with E-state index in [-0.39, 0.29) is 11.1 Å². The van der Waals surface area contributed by atoms with Gasteiger partial charge in [-0.05, 0) is 24.6 Å². The standard InChI is InChI=1S/C10H6ClF2NS/c1-5-2-8(13)6(3-7(5)12)9-4-15-10(11)14-9/h2-4H,1H3. The van der Waals surface area contributed by atoms with Gasteiger partial charge in [-0.3, -0.25) is 0 Å². The third kappa shape index (κ3) is 2.01. The first-order valence-corrected chi connectivity index (χ1v) is 5.40. The fraction of sp³-hybridized carbons (Fsp3) is 0.100. The first-order chi connectivity index (χ1) is 7.08. The Bertz CT molecular complexity index is 510. The van der Waals surface area contributed by atoms with Crippen LogP contribution in [-0.2, 0) is 0 Å². The van der Waals surface area contributed by atoms with Crippen LogP contribution >= 0.6 is 22.9 Å². The predicted octanol–water partition coefficient (Wildman–Crippen LogP) is 4.05. The van der Waals surface area contributed by atoms with Gasteiger partial charge >= 0.3 is 0 Å². The van der Waals surface area contributed by atoms with Crippen molar-refractivity contribution in [3.05, 3.63) is 39.2 Å². The molecule has 0 amide bonds. The highest BCUT2D eigenvalue weighted by atomic mass is 35.5. The number of hydrogen-bond donors (Lipinski definition) is 0. The molecule has 0 unspecified atom stereocenters. The minimum Gasteiger partial charge on any atom is -0.225 e. The molecule has 0 bridgehead atoms. The van der Waals surface area contributed by atoms with E-state index >= 15 is 0 Å². The third-order valence-corrected chi connectivity index (χ3v) is 2.98. The summed E-state index contributed by atoms with van der Waals surface area (Å²) in [6.07, 6.45) is 0. The van der Waals surface area contributed by atoms with E-state index in [2.05, 4.69) is 4.98 Å². The maximum absolute atomic E-state index is 13.5. The Balaban J connectivity index is 2.58. The molecule has 1 aromatic carbocycles. The van der Waals surface area contributed by atoms with E-state index in [1.54, 1.807) is 5.38 Å². The van der Waals surface area contributed by atoms with Crippen molar-refractivity contribution in [3.63, 3.8) is 0 Å². The van der Waals surface area contributed by atoms with Crippen LogP contribution in [0.1, 0.15) is 5.56 Å². The fourth-order valence-corrected chi connectivity index (χ4v) is 1.98. The Morgan fingerprint density at radius 1 is 1.27 bits per heavy atom. The molecule has 15 heavy (non-hydrogen) atoms. The lowest BCUT2D eigenvalue weighted by Crippen LogP contribution is -1.90. The molecule has 0 fully saturated rings. The predicted molar refractivity (Wildman–Crippen MR) is 57.2 cm³/mol. The molecule has 5 heteroatoms. The van der Waals surface area contributed by atoms with Crippen molar-refractivity contribution in [1.82, 2.24) is 4.98 Å². The van der Waals surface area contributed by atoms with Gasteiger partial charge in [0.15, 0.2) is 4.47 Å². The summed E-state index contributed by atoms with van der Waals surface area (Å²) in [4.78, 5) is 3.89. The molecule has 0 N–H and O–H groups in total. The number of aromatic nitrogens is 1. The van der Waals surface area contributed by atoms with Crippen LogP contribution in [0.15, 0.2) is 17.5 Å². The molecule has 0 radical (unpaired) electrons. The van der Waals surface area contributed by atoms with Gasteiger partial charge in [0.1, 0.15) is 11.6 Å². The van der Waals surface area contributed by atoms with E-state index in [1.807, 2.05) is 0 Å². The Morgan fingerprint density at radius 2 is 2.00 bits per heavy atom. The summed E-state index contributed by atoms with van der Waals surface area (Å²) in [6, 6.07) is 2.29. The molecule has 1 heterocycles. The lowest BCUT2D eigenvalue weighted by Gasteiger charge is -2.02. The topological polar surface area (TPSA) is 12.9 Å². The number of rotatable bonds is 1. The summed E-state index contributed by atoms with van der Waals surface area (Å²) in [5.41, 5.74) is 0.778. The molecule has 0 saturated heterocycles. The summed E-state index contributed by atoms with van der Waals surface area (Å²) in [5.74, 6) is -0.939.